The molecular weight excluding hydrogens is 420 g/mol. The fraction of sp³-hybridized carbons (Fsp3) is 0.364. The zero-order valence-corrected chi connectivity index (χ0v) is 18.3. The summed E-state index contributed by atoms with van der Waals surface area (Å²) in [6, 6.07) is 11.0. The molecule has 1 amide bonds. The minimum absolute atomic E-state index is 0.0384. The first-order valence-electron chi connectivity index (χ1n) is 10.1. The number of nitrogens with zero attached hydrogens (tertiary/aromatic N) is 1. The predicted molar refractivity (Wildman–Crippen MR) is 120 cm³/mol. The van der Waals surface area contributed by atoms with Crippen molar-refractivity contribution in [1.29, 1.82) is 0 Å². The Morgan fingerprint density at radius 3 is 2.77 bits per heavy atom. The number of carbonyl (C=O) groups is 1. The van der Waals surface area contributed by atoms with Gasteiger partial charge in [0.1, 0.15) is 10.7 Å². The third kappa shape index (κ3) is 4.59. The number of aryl methyl sites for hydroxylation is 1. The van der Waals surface area contributed by atoms with Crippen LogP contribution in [0.5, 0.6) is 0 Å². The van der Waals surface area contributed by atoms with Gasteiger partial charge < -0.3 is 20.7 Å². The Labute approximate surface area is 184 Å². The molecule has 3 heterocycles. The van der Waals surface area contributed by atoms with Crippen LogP contribution in [0.25, 0.3) is 11.3 Å². The summed E-state index contributed by atoms with van der Waals surface area (Å²) in [5.74, 6) is -0.175. The van der Waals surface area contributed by atoms with Crippen molar-refractivity contribution in [2.75, 3.05) is 6.54 Å². The first kappa shape index (κ1) is 21.1. The van der Waals surface area contributed by atoms with Crippen LogP contribution in [0, 0.1) is 6.92 Å². The van der Waals surface area contributed by atoms with Crippen molar-refractivity contribution in [3.63, 3.8) is 0 Å². The molecule has 0 radical (unpaired) electrons. The number of carbonyl (C=O) groups excluding carboxylic acids is 1. The lowest BCUT2D eigenvalue weighted by Gasteiger charge is -2.30. The van der Waals surface area contributed by atoms with Crippen molar-refractivity contribution in [3.05, 3.63) is 62.7 Å². The lowest BCUT2D eigenvalue weighted by atomic mass is 9.98. The highest BCUT2D eigenvalue weighted by molar-refractivity contribution is 7.11. The monoisotopic (exact) mass is 444 g/mol. The maximum absolute atomic E-state index is 13.1. The molecule has 2 aromatic heterocycles. The molecule has 1 aromatic carbocycles. The standard InChI is InChI=1S/C22H25ClN4O2S/c1-13-19(12-28)30-22(25-13)20(17-4-2-3-11-24-17)27-21(29)18-10-9-16(26-18)14-5-7-15(23)8-6-14/h5-10,17,20,24,26,28H,2-4,11-12H2,1H3,(H,27,29)/t17-,20-/m0/s1. The fourth-order valence-corrected chi connectivity index (χ4v) is 4.94. The van der Waals surface area contributed by atoms with Gasteiger partial charge in [0, 0.05) is 16.8 Å². The summed E-state index contributed by atoms with van der Waals surface area (Å²) in [6.45, 7) is 2.78. The summed E-state index contributed by atoms with van der Waals surface area (Å²) in [6.07, 6.45) is 3.22. The molecule has 8 heteroatoms. The second kappa shape index (κ2) is 9.31. The average molecular weight is 445 g/mol. The van der Waals surface area contributed by atoms with Gasteiger partial charge >= 0.3 is 0 Å². The summed E-state index contributed by atoms with van der Waals surface area (Å²) in [5.41, 5.74) is 3.14. The van der Waals surface area contributed by atoms with Crippen LogP contribution in [0.15, 0.2) is 36.4 Å². The number of benzene rings is 1. The molecule has 0 unspecified atom stereocenters. The van der Waals surface area contributed by atoms with E-state index < -0.39 is 0 Å². The molecular formula is C22H25ClN4O2S. The Kier molecular flexibility index (Phi) is 6.53. The maximum atomic E-state index is 13.1. The molecule has 3 aromatic rings. The van der Waals surface area contributed by atoms with Crippen molar-refractivity contribution in [2.45, 2.75) is 44.9 Å². The molecule has 1 aliphatic heterocycles. The number of H-pyrrole nitrogens is 1. The molecule has 2 atom stereocenters. The summed E-state index contributed by atoms with van der Waals surface area (Å²) in [4.78, 5) is 21.8. The third-order valence-electron chi connectivity index (χ3n) is 5.44. The predicted octanol–water partition coefficient (Wildman–Crippen LogP) is 4.21. The maximum Gasteiger partial charge on any atom is 0.268 e. The van der Waals surface area contributed by atoms with Gasteiger partial charge in [-0.15, -0.1) is 11.3 Å². The van der Waals surface area contributed by atoms with Crippen LogP contribution in [-0.4, -0.2) is 33.6 Å². The first-order chi connectivity index (χ1) is 14.5. The number of halogens is 1. The molecule has 0 spiro atoms. The number of amides is 1. The van der Waals surface area contributed by atoms with E-state index in [9.17, 15) is 9.90 Å². The minimum Gasteiger partial charge on any atom is -0.391 e. The van der Waals surface area contributed by atoms with Gasteiger partial charge in [0.05, 0.1) is 23.2 Å². The number of hydrogen-bond donors (Lipinski definition) is 4. The van der Waals surface area contributed by atoms with Gasteiger partial charge in [-0.1, -0.05) is 30.2 Å². The van der Waals surface area contributed by atoms with Crippen molar-refractivity contribution in [2.24, 2.45) is 0 Å². The SMILES string of the molecule is Cc1nc([C@@H](NC(=O)c2ccc(-c3ccc(Cl)cc3)[nH]2)[C@@H]2CCCCN2)sc1CO. The van der Waals surface area contributed by atoms with E-state index in [0.29, 0.717) is 10.7 Å². The Bertz CT molecular complexity index is 1010. The van der Waals surface area contributed by atoms with Gasteiger partial charge in [0.25, 0.3) is 5.91 Å². The Morgan fingerprint density at radius 1 is 1.30 bits per heavy atom. The van der Waals surface area contributed by atoms with Crippen LogP contribution >= 0.6 is 22.9 Å². The summed E-state index contributed by atoms with van der Waals surface area (Å²) >= 11 is 7.43. The number of piperidine rings is 1. The van der Waals surface area contributed by atoms with E-state index in [0.717, 1.165) is 52.6 Å². The topological polar surface area (TPSA) is 90.0 Å². The largest absolute Gasteiger partial charge is 0.391 e. The van der Waals surface area contributed by atoms with E-state index in [1.165, 1.54) is 11.3 Å². The van der Waals surface area contributed by atoms with E-state index in [4.69, 9.17) is 11.6 Å². The molecule has 30 heavy (non-hydrogen) atoms. The van der Waals surface area contributed by atoms with Crippen LogP contribution < -0.4 is 10.6 Å². The lowest BCUT2D eigenvalue weighted by molar-refractivity contribution is 0.0918. The molecule has 0 bridgehead atoms. The third-order valence-corrected chi connectivity index (χ3v) is 6.92. The number of rotatable bonds is 6. The van der Waals surface area contributed by atoms with Crippen molar-refractivity contribution in [1.82, 2.24) is 20.6 Å². The van der Waals surface area contributed by atoms with Crippen LogP contribution in [0.3, 0.4) is 0 Å². The molecule has 6 nitrogen and oxygen atoms in total. The zero-order valence-electron chi connectivity index (χ0n) is 16.7. The molecule has 0 aliphatic carbocycles. The highest BCUT2D eigenvalue weighted by atomic mass is 35.5. The molecule has 1 fully saturated rings. The van der Waals surface area contributed by atoms with Crippen LogP contribution in [-0.2, 0) is 6.61 Å². The number of hydrogen-bond acceptors (Lipinski definition) is 5. The van der Waals surface area contributed by atoms with Gasteiger partial charge in [0.15, 0.2) is 0 Å². The average Bonchev–Trinajstić information content (AvgIpc) is 3.40. The van der Waals surface area contributed by atoms with Gasteiger partial charge in [-0.05, 0) is 56.1 Å². The number of nitrogens with one attached hydrogen (secondary N) is 3. The van der Waals surface area contributed by atoms with E-state index in [-0.39, 0.29) is 24.6 Å². The van der Waals surface area contributed by atoms with Crippen molar-refractivity contribution in [3.8, 4) is 11.3 Å². The molecule has 158 valence electrons. The summed E-state index contributed by atoms with van der Waals surface area (Å²) < 4.78 is 0. The summed E-state index contributed by atoms with van der Waals surface area (Å²) in [5, 5.41) is 17.8. The first-order valence-corrected chi connectivity index (χ1v) is 11.3. The van der Waals surface area contributed by atoms with Gasteiger partial charge in [-0.25, -0.2) is 4.98 Å². The van der Waals surface area contributed by atoms with E-state index >= 15 is 0 Å². The van der Waals surface area contributed by atoms with Gasteiger partial charge in [0.2, 0.25) is 0 Å². The van der Waals surface area contributed by atoms with Crippen LogP contribution in [0.1, 0.15) is 51.4 Å². The Balaban J connectivity index is 1.56. The quantitative estimate of drug-likeness (QED) is 0.458. The Morgan fingerprint density at radius 2 is 2.10 bits per heavy atom. The highest BCUT2D eigenvalue weighted by Crippen LogP contribution is 2.29. The lowest BCUT2D eigenvalue weighted by Crippen LogP contribution is -2.46. The molecule has 0 saturated carbocycles. The van der Waals surface area contributed by atoms with E-state index in [1.54, 1.807) is 6.07 Å². The number of aromatic amines is 1. The zero-order chi connectivity index (χ0) is 21.1. The second-order valence-corrected chi connectivity index (χ2v) is 9.07. The van der Waals surface area contributed by atoms with Crippen molar-refractivity contribution < 1.29 is 9.90 Å². The normalized spacial score (nSPS) is 17.6. The molecule has 4 N–H and O–H groups in total. The highest BCUT2D eigenvalue weighted by Gasteiger charge is 2.30. The van der Waals surface area contributed by atoms with Gasteiger partial charge in [-0.2, -0.15) is 0 Å². The minimum atomic E-state index is -0.246. The second-order valence-electron chi connectivity index (χ2n) is 7.52. The van der Waals surface area contributed by atoms with Gasteiger partial charge in [-0.3, -0.25) is 4.79 Å². The van der Waals surface area contributed by atoms with Crippen LogP contribution in [0.2, 0.25) is 5.02 Å². The number of aromatic nitrogens is 2. The van der Waals surface area contributed by atoms with E-state index in [2.05, 4.69) is 20.6 Å². The van der Waals surface area contributed by atoms with Crippen LogP contribution in [0.4, 0.5) is 0 Å². The van der Waals surface area contributed by atoms with Crippen molar-refractivity contribution >= 4 is 28.8 Å². The number of aliphatic hydroxyl groups is 1. The Hall–Kier alpha value is -2.19. The molecule has 1 aliphatic rings. The fourth-order valence-electron chi connectivity index (χ4n) is 3.77. The number of thiazole rings is 1. The number of aliphatic hydroxyl groups excluding tert-OH is 1. The summed E-state index contributed by atoms with van der Waals surface area (Å²) in [7, 11) is 0. The van der Waals surface area contributed by atoms with E-state index in [1.807, 2.05) is 37.3 Å². The smallest absolute Gasteiger partial charge is 0.268 e. The molecule has 4 rings (SSSR count). The molecule has 1 saturated heterocycles.